The van der Waals surface area contributed by atoms with Gasteiger partial charge < -0.3 is 4.57 Å². The minimum atomic E-state index is -0.0944. The van der Waals surface area contributed by atoms with Gasteiger partial charge in [-0.15, -0.1) is 11.6 Å². The number of halogens is 1. The molecule has 2 aromatic rings. The molecule has 2 aromatic heterocycles. The molecule has 0 saturated carbocycles. The van der Waals surface area contributed by atoms with E-state index < -0.39 is 0 Å². The molecule has 2 rings (SSSR count). The summed E-state index contributed by atoms with van der Waals surface area (Å²) in [5.74, 6) is 3.27. The van der Waals surface area contributed by atoms with Gasteiger partial charge in [-0.3, -0.25) is 4.68 Å². The van der Waals surface area contributed by atoms with Crippen molar-refractivity contribution in [2.24, 2.45) is 7.05 Å². The van der Waals surface area contributed by atoms with Crippen LogP contribution in [0.25, 0.3) is 11.2 Å². The lowest BCUT2D eigenvalue weighted by Crippen LogP contribution is -2.13. The molecular formula is C14H23ClN4S. The van der Waals surface area contributed by atoms with Gasteiger partial charge in [0.1, 0.15) is 11.3 Å². The lowest BCUT2D eigenvalue weighted by Gasteiger charge is -2.18. The van der Waals surface area contributed by atoms with Gasteiger partial charge in [-0.05, 0) is 38.7 Å². The van der Waals surface area contributed by atoms with E-state index in [1.54, 1.807) is 0 Å². The highest BCUT2D eigenvalue weighted by Crippen LogP contribution is 2.30. The van der Waals surface area contributed by atoms with E-state index >= 15 is 0 Å². The van der Waals surface area contributed by atoms with Crippen LogP contribution in [0.1, 0.15) is 50.1 Å². The minimum Gasteiger partial charge on any atom is -0.309 e. The van der Waals surface area contributed by atoms with Gasteiger partial charge in [-0.2, -0.15) is 16.9 Å². The van der Waals surface area contributed by atoms with Gasteiger partial charge in [0.05, 0.1) is 11.1 Å². The summed E-state index contributed by atoms with van der Waals surface area (Å²) >= 11 is 8.30. The van der Waals surface area contributed by atoms with Crippen molar-refractivity contribution in [1.82, 2.24) is 19.3 Å². The topological polar surface area (TPSA) is 35.6 Å². The molecule has 2 unspecified atom stereocenters. The van der Waals surface area contributed by atoms with Crippen molar-refractivity contribution in [3.63, 3.8) is 0 Å². The Morgan fingerprint density at radius 2 is 2.05 bits per heavy atom. The second-order valence-electron chi connectivity index (χ2n) is 5.17. The van der Waals surface area contributed by atoms with Crippen LogP contribution in [0, 0.1) is 6.92 Å². The molecule has 20 heavy (non-hydrogen) atoms. The molecule has 4 nitrogen and oxygen atoms in total. The molecule has 0 aromatic carbocycles. The van der Waals surface area contributed by atoms with E-state index in [2.05, 4.69) is 23.5 Å². The summed E-state index contributed by atoms with van der Waals surface area (Å²) < 4.78 is 4.19. The number of hydrogen-bond acceptors (Lipinski definition) is 3. The largest absolute Gasteiger partial charge is 0.309 e. The highest BCUT2D eigenvalue weighted by molar-refractivity contribution is 7.99. The SMILES string of the molecule is CCSCCC(C)n1c(C(C)Cl)nc2c(C)nn(C)c21. The van der Waals surface area contributed by atoms with E-state index in [-0.39, 0.29) is 5.38 Å². The Morgan fingerprint density at radius 1 is 1.35 bits per heavy atom. The third-order valence-electron chi connectivity index (χ3n) is 3.54. The first-order valence-electron chi connectivity index (χ1n) is 7.10. The average molecular weight is 315 g/mol. The fourth-order valence-electron chi connectivity index (χ4n) is 2.56. The molecule has 0 radical (unpaired) electrons. The van der Waals surface area contributed by atoms with E-state index in [0.717, 1.165) is 40.6 Å². The molecule has 0 aliphatic carbocycles. The van der Waals surface area contributed by atoms with Crippen LogP contribution >= 0.6 is 23.4 Å². The maximum Gasteiger partial charge on any atom is 0.158 e. The zero-order chi connectivity index (χ0) is 14.9. The van der Waals surface area contributed by atoms with Crippen LogP contribution in [0.4, 0.5) is 0 Å². The van der Waals surface area contributed by atoms with Gasteiger partial charge in [0.2, 0.25) is 0 Å². The third-order valence-corrected chi connectivity index (χ3v) is 4.67. The van der Waals surface area contributed by atoms with E-state index in [0.29, 0.717) is 6.04 Å². The van der Waals surface area contributed by atoms with Crippen LogP contribution in [0.15, 0.2) is 0 Å². The van der Waals surface area contributed by atoms with Gasteiger partial charge in [0.25, 0.3) is 0 Å². The molecular weight excluding hydrogens is 292 g/mol. The Hall–Kier alpha value is -0.680. The molecule has 0 spiro atoms. The van der Waals surface area contributed by atoms with E-state index in [1.165, 1.54) is 0 Å². The number of thioether (sulfide) groups is 1. The summed E-state index contributed by atoms with van der Waals surface area (Å²) in [6.45, 7) is 8.42. The standard InChI is InChI=1S/C14H23ClN4S/c1-6-20-8-7-9(2)19-13(10(3)15)16-12-11(4)17-18(5)14(12)19/h9-10H,6-8H2,1-5H3. The normalized spacial score (nSPS) is 14.9. The molecule has 112 valence electrons. The summed E-state index contributed by atoms with van der Waals surface area (Å²) in [6.07, 6.45) is 1.12. The van der Waals surface area contributed by atoms with Gasteiger partial charge in [-0.1, -0.05) is 6.92 Å². The minimum absolute atomic E-state index is 0.0944. The van der Waals surface area contributed by atoms with Crippen molar-refractivity contribution in [3.8, 4) is 0 Å². The van der Waals surface area contributed by atoms with Crippen LogP contribution in [0.5, 0.6) is 0 Å². The molecule has 0 bridgehead atoms. The number of nitrogens with zero attached hydrogens (tertiary/aromatic N) is 4. The molecule has 2 atom stereocenters. The van der Waals surface area contributed by atoms with Crippen LogP contribution in [0.3, 0.4) is 0 Å². The fourth-order valence-corrected chi connectivity index (χ4v) is 3.51. The number of rotatable bonds is 6. The van der Waals surface area contributed by atoms with Crippen LogP contribution < -0.4 is 0 Å². The number of aromatic nitrogens is 4. The zero-order valence-electron chi connectivity index (χ0n) is 12.9. The maximum absolute atomic E-state index is 6.33. The van der Waals surface area contributed by atoms with Gasteiger partial charge in [0.15, 0.2) is 5.65 Å². The average Bonchev–Trinajstić information content (AvgIpc) is 2.89. The predicted molar refractivity (Wildman–Crippen MR) is 87.8 cm³/mol. The fraction of sp³-hybridized carbons (Fsp3) is 0.714. The number of alkyl halides is 1. The monoisotopic (exact) mass is 314 g/mol. The number of hydrogen-bond donors (Lipinski definition) is 0. The van der Waals surface area contributed by atoms with Crippen molar-refractivity contribution in [2.45, 2.75) is 45.5 Å². The molecule has 0 amide bonds. The van der Waals surface area contributed by atoms with E-state index in [9.17, 15) is 0 Å². The van der Waals surface area contributed by atoms with Gasteiger partial charge in [0, 0.05) is 13.1 Å². The van der Waals surface area contributed by atoms with Crippen LogP contribution in [-0.2, 0) is 7.05 Å². The second kappa shape index (κ2) is 6.39. The van der Waals surface area contributed by atoms with E-state index in [1.807, 2.05) is 37.3 Å². The van der Waals surface area contributed by atoms with Crippen molar-refractivity contribution in [3.05, 3.63) is 11.5 Å². The van der Waals surface area contributed by atoms with Gasteiger partial charge in [-0.25, -0.2) is 4.98 Å². The summed E-state index contributed by atoms with van der Waals surface area (Å²) in [7, 11) is 1.98. The molecule has 0 aliphatic rings. The highest BCUT2D eigenvalue weighted by atomic mass is 35.5. The predicted octanol–water partition coefficient (Wildman–Crippen LogP) is 4.08. The highest BCUT2D eigenvalue weighted by Gasteiger charge is 2.23. The summed E-state index contributed by atoms with van der Waals surface area (Å²) in [6, 6.07) is 0.380. The summed E-state index contributed by atoms with van der Waals surface area (Å²) in [5, 5.41) is 4.38. The van der Waals surface area contributed by atoms with Crippen LogP contribution in [-0.4, -0.2) is 30.8 Å². The van der Waals surface area contributed by atoms with Crippen molar-refractivity contribution in [1.29, 1.82) is 0 Å². The lowest BCUT2D eigenvalue weighted by atomic mass is 10.2. The Balaban J connectivity index is 2.45. The molecule has 0 aliphatic heterocycles. The number of fused-ring (bicyclic) bond motifs is 1. The first-order valence-corrected chi connectivity index (χ1v) is 8.69. The first-order chi connectivity index (χ1) is 9.47. The van der Waals surface area contributed by atoms with E-state index in [4.69, 9.17) is 16.6 Å². The smallest absolute Gasteiger partial charge is 0.158 e. The Bertz CT molecular complexity index is 588. The molecule has 6 heteroatoms. The van der Waals surface area contributed by atoms with Crippen molar-refractivity contribution >= 4 is 34.5 Å². The molecule has 0 N–H and O–H groups in total. The lowest BCUT2D eigenvalue weighted by molar-refractivity contribution is 0.513. The van der Waals surface area contributed by atoms with Gasteiger partial charge >= 0.3 is 0 Å². The number of imidazole rings is 1. The molecule has 0 fully saturated rings. The number of aryl methyl sites for hydroxylation is 2. The van der Waals surface area contributed by atoms with Crippen molar-refractivity contribution < 1.29 is 0 Å². The summed E-state index contributed by atoms with van der Waals surface area (Å²) in [4.78, 5) is 4.72. The van der Waals surface area contributed by atoms with Crippen LogP contribution in [0.2, 0.25) is 0 Å². The maximum atomic E-state index is 6.33. The second-order valence-corrected chi connectivity index (χ2v) is 7.22. The Kier molecular flexibility index (Phi) is 5.02. The quantitative estimate of drug-likeness (QED) is 0.595. The summed E-state index contributed by atoms with van der Waals surface area (Å²) in [5.41, 5.74) is 3.03. The Labute approximate surface area is 129 Å². The Morgan fingerprint density at radius 3 is 2.65 bits per heavy atom. The first kappa shape index (κ1) is 15.7. The zero-order valence-corrected chi connectivity index (χ0v) is 14.4. The molecule has 2 heterocycles. The molecule has 0 saturated heterocycles. The third kappa shape index (κ3) is 2.84. The van der Waals surface area contributed by atoms with Crippen molar-refractivity contribution in [2.75, 3.05) is 11.5 Å².